The third kappa shape index (κ3) is 5.26. The molecular formula is C29H35N3O5. The summed E-state index contributed by atoms with van der Waals surface area (Å²) in [5.74, 6) is -0.491. The molecule has 0 saturated carbocycles. The topological polar surface area (TPSA) is 88.2 Å². The Bertz CT molecular complexity index is 1130. The summed E-state index contributed by atoms with van der Waals surface area (Å²) < 4.78 is 11.9. The van der Waals surface area contributed by atoms with Crippen molar-refractivity contribution in [3.05, 3.63) is 70.8 Å². The molecule has 0 radical (unpaired) electrons. The molecule has 3 saturated heterocycles. The van der Waals surface area contributed by atoms with Gasteiger partial charge in [0, 0.05) is 50.2 Å². The van der Waals surface area contributed by atoms with Gasteiger partial charge in [-0.25, -0.2) is 0 Å². The molecule has 37 heavy (non-hydrogen) atoms. The molecule has 5 rings (SSSR count). The molecule has 1 N–H and O–H groups in total. The van der Waals surface area contributed by atoms with Gasteiger partial charge in [0.2, 0.25) is 5.91 Å². The lowest BCUT2D eigenvalue weighted by Crippen LogP contribution is -2.60. The number of nitrogens with zero attached hydrogens (tertiary/aromatic N) is 2. The summed E-state index contributed by atoms with van der Waals surface area (Å²) in [6.07, 6.45) is 2.81. The molecule has 0 aliphatic carbocycles. The van der Waals surface area contributed by atoms with Gasteiger partial charge in [-0.05, 0) is 51.0 Å². The van der Waals surface area contributed by atoms with E-state index >= 15 is 0 Å². The molecule has 3 aliphatic rings. The lowest BCUT2D eigenvalue weighted by atomic mass is 9.95. The Labute approximate surface area is 217 Å². The molecule has 3 fully saturated rings. The number of hydrogen-bond donors (Lipinski definition) is 1. The van der Waals surface area contributed by atoms with E-state index in [-0.39, 0.29) is 30.4 Å². The maximum absolute atomic E-state index is 13.8. The average Bonchev–Trinajstić information content (AvgIpc) is 3.56. The van der Waals surface area contributed by atoms with Gasteiger partial charge in [0.15, 0.2) is 0 Å². The minimum absolute atomic E-state index is 0.0116. The van der Waals surface area contributed by atoms with Gasteiger partial charge in [0.1, 0.15) is 11.8 Å². The number of aryl methyl sites for hydroxylation is 2. The second-order valence-corrected chi connectivity index (χ2v) is 10.4. The van der Waals surface area contributed by atoms with E-state index in [1.165, 1.54) is 0 Å². The number of hydrogen-bond acceptors (Lipinski definition) is 5. The minimum atomic E-state index is -0.933. The van der Waals surface area contributed by atoms with E-state index in [0.717, 1.165) is 24.0 Å². The van der Waals surface area contributed by atoms with Crippen LogP contribution < -0.4 is 5.32 Å². The van der Waals surface area contributed by atoms with Crippen molar-refractivity contribution in [2.75, 3.05) is 32.8 Å². The standard InChI is InChI=1S/C29H35N3O5/c1-20-5-9-22(10-6-20)27(34)31-15-13-29(14-16-31)32(28(35)23-11-7-21(2)8-12-23)25(19-37-29)26(33)30-18-24-4-3-17-36-24/h5-12,24-25H,3-4,13-19H2,1-2H3,(H,30,33)/t24-,25-/m1/s1. The van der Waals surface area contributed by atoms with Gasteiger partial charge in [-0.3, -0.25) is 19.3 Å². The molecule has 2 aromatic rings. The Kier molecular flexibility index (Phi) is 7.31. The molecule has 2 atom stereocenters. The molecule has 2 aromatic carbocycles. The first kappa shape index (κ1) is 25.4. The molecule has 196 valence electrons. The Morgan fingerprint density at radius 2 is 1.51 bits per heavy atom. The first-order valence-corrected chi connectivity index (χ1v) is 13.2. The van der Waals surface area contributed by atoms with E-state index in [9.17, 15) is 14.4 Å². The molecule has 1 spiro atoms. The first-order chi connectivity index (χ1) is 17.9. The van der Waals surface area contributed by atoms with Gasteiger partial charge >= 0.3 is 0 Å². The Morgan fingerprint density at radius 3 is 2.08 bits per heavy atom. The summed E-state index contributed by atoms with van der Waals surface area (Å²) >= 11 is 0. The van der Waals surface area contributed by atoms with E-state index in [2.05, 4.69) is 5.32 Å². The van der Waals surface area contributed by atoms with Crippen LogP contribution in [0, 0.1) is 13.8 Å². The summed E-state index contributed by atoms with van der Waals surface area (Å²) in [6, 6.07) is 14.2. The number of amides is 3. The fraction of sp³-hybridized carbons (Fsp3) is 0.483. The van der Waals surface area contributed by atoms with Crippen molar-refractivity contribution in [1.82, 2.24) is 15.1 Å². The van der Waals surface area contributed by atoms with Crippen LogP contribution in [0.2, 0.25) is 0 Å². The molecule has 0 aromatic heterocycles. The maximum atomic E-state index is 13.8. The predicted octanol–water partition coefficient (Wildman–Crippen LogP) is 3.07. The van der Waals surface area contributed by atoms with Crippen molar-refractivity contribution in [2.24, 2.45) is 0 Å². The van der Waals surface area contributed by atoms with Crippen LogP contribution in [0.25, 0.3) is 0 Å². The van der Waals surface area contributed by atoms with Crippen molar-refractivity contribution in [1.29, 1.82) is 0 Å². The number of rotatable bonds is 5. The van der Waals surface area contributed by atoms with Gasteiger partial charge in [-0.2, -0.15) is 0 Å². The Morgan fingerprint density at radius 1 is 0.919 bits per heavy atom. The van der Waals surface area contributed by atoms with Gasteiger partial charge in [-0.15, -0.1) is 0 Å². The molecule has 3 aliphatic heterocycles. The molecule has 8 nitrogen and oxygen atoms in total. The summed E-state index contributed by atoms with van der Waals surface area (Å²) in [7, 11) is 0. The van der Waals surface area contributed by atoms with Gasteiger partial charge < -0.3 is 19.7 Å². The van der Waals surface area contributed by atoms with Crippen molar-refractivity contribution in [3.63, 3.8) is 0 Å². The number of carbonyl (C=O) groups is 3. The zero-order chi connectivity index (χ0) is 26.0. The largest absolute Gasteiger partial charge is 0.376 e. The lowest BCUT2D eigenvalue weighted by Gasteiger charge is -2.44. The Balaban J connectivity index is 1.34. The zero-order valence-electron chi connectivity index (χ0n) is 21.6. The SMILES string of the molecule is Cc1ccc(C(=O)N2CCC3(CC2)OC[C@H](C(=O)NC[C@H]2CCCO2)N3C(=O)c2ccc(C)cc2)cc1. The fourth-order valence-electron chi connectivity index (χ4n) is 5.48. The minimum Gasteiger partial charge on any atom is -0.376 e. The summed E-state index contributed by atoms with van der Waals surface area (Å²) in [4.78, 5) is 43.7. The van der Waals surface area contributed by atoms with Crippen molar-refractivity contribution < 1.29 is 23.9 Å². The number of benzene rings is 2. The molecule has 0 bridgehead atoms. The normalized spacial score (nSPS) is 22.9. The lowest BCUT2D eigenvalue weighted by molar-refractivity contribution is -0.128. The van der Waals surface area contributed by atoms with E-state index in [0.29, 0.717) is 50.2 Å². The highest BCUT2D eigenvalue weighted by atomic mass is 16.5. The Hall–Kier alpha value is -3.23. The number of nitrogens with one attached hydrogen (secondary N) is 1. The molecule has 3 amide bonds. The number of ether oxygens (including phenoxy) is 2. The first-order valence-electron chi connectivity index (χ1n) is 13.2. The predicted molar refractivity (Wildman–Crippen MR) is 138 cm³/mol. The van der Waals surface area contributed by atoms with Crippen molar-refractivity contribution in [2.45, 2.75) is 57.4 Å². The highest BCUT2D eigenvalue weighted by Crippen LogP contribution is 2.39. The highest BCUT2D eigenvalue weighted by molar-refractivity contribution is 5.98. The molecule has 8 heteroatoms. The van der Waals surface area contributed by atoms with Crippen LogP contribution in [0.1, 0.15) is 57.5 Å². The van der Waals surface area contributed by atoms with Crippen LogP contribution in [0.15, 0.2) is 48.5 Å². The quantitative estimate of drug-likeness (QED) is 0.675. The third-order valence-electron chi connectivity index (χ3n) is 7.74. The number of carbonyl (C=O) groups excluding carboxylic acids is 3. The van der Waals surface area contributed by atoms with E-state index in [1.807, 2.05) is 50.2 Å². The van der Waals surface area contributed by atoms with Gasteiger partial charge in [0.25, 0.3) is 11.8 Å². The summed E-state index contributed by atoms with van der Waals surface area (Å²) in [6.45, 7) is 6.10. The van der Waals surface area contributed by atoms with Crippen LogP contribution in [-0.4, -0.2) is 78.2 Å². The van der Waals surface area contributed by atoms with Crippen LogP contribution in [-0.2, 0) is 14.3 Å². The zero-order valence-corrected chi connectivity index (χ0v) is 21.6. The average molecular weight is 506 g/mol. The monoisotopic (exact) mass is 505 g/mol. The van der Waals surface area contributed by atoms with E-state index in [1.54, 1.807) is 21.9 Å². The van der Waals surface area contributed by atoms with Crippen molar-refractivity contribution in [3.8, 4) is 0 Å². The number of piperidine rings is 1. The van der Waals surface area contributed by atoms with Gasteiger partial charge in [-0.1, -0.05) is 35.4 Å². The van der Waals surface area contributed by atoms with E-state index < -0.39 is 11.8 Å². The molecule has 3 heterocycles. The van der Waals surface area contributed by atoms with Crippen LogP contribution >= 0.6 is 0 Å². The van der Waals surface area contributed by atoms with Gasteiger partial charge in [0.05, 0.1) is 12.7 Å². The third-order valence-corrected chi connectivity index (χ3v) is 7.74. The molecular weight excluding hydrogens is 470 g/mol. The second kappa shape index (κ2) is 10.6. The maximum Gasteiger partial charge on any atom is 0.256 e. The van der Waals surface area contributed by atoms with E-state index in [4.69, 9.17) is 9.47 Å². The summed E-state index contributed by atoms with van der Waals surface area (Å²) in [5.41, 5.74) is 2.39. The van der Waals surface area contributed by atoms with Crippen LogP contribution in [0.5, 0.6) is 0 Å². The summed E-state index contributed by atoms with van der Waals surface area (Å²) in [5, 5.41) is 2.98. The molecule has 0 unspecified atom stereocenters. The highest BCUT2D eigenvalue weighted by Gasteiger charge is 2.54. The van der Waals surface area contributed by atoms with Crippen LogP contribution in [0.4, 0.5) is 0 Å². The number of likely N-dealkylation sites (tertiary alicyclic amines) is 1. The fourth-order valence-corrected chi connectivity index (χ4v) is 5.48. The second-order valence-electron chi connectivity index (χ2n) is 10.4. The van der Waals surface area contributed by atoms with Crippen LogP contribution in [0.3, 0.4) is 0 Å². The smallest absolute Gasteiger partial charge is 0.256 e. The van der Waals surface area contributed by atoms with Crippen molar-refractivity contribution >= 4 is 17.7 Å².